The van der Waals surface area contributed by atoms with E-state index < -0.39 is 16.2 Å². The molecule has 0 spiro atoms. The zero-order chi connectivity index (χ0) is 18.5. The number of alkyl halides is 1. The van der Waals surface area contributed by atoms with Gasteiger partial charge in [-0.05, 0) is 41.5 Å². The maximum Gasteiger partial charge on any atom is 0.243 e. The summed E-state index contributed by atoms with van der Waals surface area (Å²) in [7, 11) is -3.62. The first-order chi connectivity index (χ1) is 12.4. The summed E-state index contributed by atoms with van der Waals surface area (Å²) in [4.78, 5) is 0.164. The van der Waals surface area contributed by atoms with E-state index in [1.54, 1.807) is 30.3 Å². The van der Waals surface area contributed by atoms with Crippen LogP contribution in [-0.4, -0.2) is 32.0 Å². The summed E-state index contributed by atoms with van der Waals surface area (Å²) in [6.45, 7) is 1.86. The Balaban J connectivity index is 1.68. The molecule has 0 bridgehead atoms. The van der Waals surface area contributed by atoms with E-state index in [-0.39, 0.29) is 18.0 Å². The first-order valence-corrected chi connectivity index (χ1v) is 10.2. The van der Waals surface area contributed by atoms with Gasteiger partial charge in [-0.15, -0.1) is 0 Å². The normalized spacial score (nSPS) is 16.1. The summed E-state index contributed by atoms with van der Waals surface area (Å²) in [6.07, 6.45) is -0.288. The Kier molecular flexibility index (Phi) is 4.29. The molecular formula is C19H17ClFNO3S. The molecule has 0 atom stereocenters. The van der Waals surface area contributed by atoms with Crippen LogP contribution in [0.2, 0.25) is 5.02 Å². The maximum atomic E-state index is 13.0. The second-order valence-electron chi connectivity index (χ2n) is 6.39. The van der Waals surface area contributed by atoms with Gasteiger partial charge in [0.1, 0.15) is 11.9 Å². The average Bonchev–Trinajstić information content (AvgIpc) is 3.03. The molecule has 1 aliphatic rings. The van der Waals surface area contributed by atoms with Gasteiger partial charge in [0.15, 0.2) is 5.58 Å². The van der Waals surface area contributed by atoms with Crippen molar-refractivity contribution in [1.29, 1.82) is 0 Å². The van der Waals surface area contributed by atoms with Gasteiger partial charge >= 0.3 is 0 Å². The number of furan rings is 1. The third-order valence-corrected chi connectivity index (χ3v) is 6.73. The molecule has 4 rings (SSSR count). The number of aryl methyl sites for hydroxylation is 1. The fraction of sp³-hybridized carbons (Fsp3) is 0.263. The van der Waals surface area contributed by atoms with E-state index >= 15 is 0 Å². The van der Waals surface area contributed by atoms with E-state index in [0.717, 1.165) is 33.0 Å². The minimum Gasteiger partial charge on any atom is -0.460 e. The molecule has 1 aromatic heterocycles. The Morgan fingerprint density at radius 1 is 1.15 bits per heavy atom. The molecule has 1 aliphatic heterocycles. The van der Waals surface area contributed by atoms with Crippen molar-refractivity contribution >= 4 is 32.6 Å². The van der Waals surface area contributed by atoms with E-state index in [9.17, 15) is 12.8 Å². The molecular weight excluding hydrogens is 377 g/mol. The summed E-state index contributed by atoms with van der Waals surface area (Å²) in [5.74, 6) is 0.862. The van der Waals surface area contributed by atoms with Crippen LogP contribution in [0.3, 0.4) is 0 Å². The molecule has 0 amide bonds. The minimum absolute atomic E-state index is 0.0728. The number of rotatable bonds is 4. The molecule has 0 saturated carbocycles. The van der Waals surface area contributed by atoms with Crippen LogP contribution < -0.4 is 0 Å². The molecule has 1 fully saturated rings. The van der Waals surface area contributed by atoms with Crippen LogP contribution in [0.5, 0.6) is 0 Å². The van der Waals surface area contributed by atoms with Gasteiger partial charge in [0.2, 0.25) is 10.0 Å². The first kappa shape index (κ1) is 17.5. The highest BCUT2D eigenvalue weighted by atomic mass is 35.5. The number of hydrogen-bond donors (Lipinski definition) is 0. The van der Waals surface area contributed by atoms with Crippen LogP contribution >= 0.6 is 11.6 Å². The Bertz CT molecular complexity index is 1070. The van der Waals surface area contributed by atoms with E-state index in [1.165, 1.54) is 0 Å². The lowest BCUT2D eigenvalue weighted by Crippen LogP contribution is -2.51. The molecule has 3 aromatic rings. The lowest BCUT2D eigenvalue weighted by Gasteiger charge is -2.33. The number of nitrogens with zero attached hydrogens (tertiary/aromatic N) is 1. The van der Waals surface area contributed by atoms with Crippen LogP contribution in [0.4, 0.5) is 4.39 Å². The van der Waals surface area contributed by atoms with Gasteiger partial charge in [-0.3, -0.25) is 0 Å². The van der Waals surface area contributed by atoms with Crippen molar-refractivity contribution in [3.63, 3.8) is 0 Å². The molecule has 0 radical (unpaired) electrons. The van der Waals surface area contributed by atoms with Crippen LogP contribution in [-0.2, 0) is 16.4 Å². The van der Waals surface area contributed by atoms with Crippen LogP contribution in [0.25, 0.3) is 22.1 Å². The Hall–Kier alpha value is -1.89. The minimum atomic E-state index is -3.62. The van der Waals surface area contributed by atoms with Crippen molar-refractivity contribution in [2.45, 2.75) is 24.4 Å². The molecule has 0 aliphatic carbocycles. The topological polar surface area (TPSA) is 50.5 Å². The molecule has 0 N–H and O–H groups in total. The largest absolute Gasteiger partial charge is 0.460 e. The highest BCUT2D eigenvalue weighted by Gasteiger charge is 2.36. The summed E-state index contributed by atoms with van der Waals surface area (Å²) in [6, 6.07) is 12.3. The number of fused-ring (bicyclic) bond motifs is 1. The molecule has 26 heavy (non-hydrogen) atoms. The zero-order valence-corrected chi connectivity index (χ0v) is 15.6. The van der Waals surface area contributed by atoms with Gasteiger partial charge in [0.25, 0.3) is 0 Å². The molecule has 2 heterocycles. The molecule has 4 nitrogen and oxygen atoms in total. The Labute approximate surface area is 156 Å². The second-order valence-corrected chi connectivity index (χ2v) is 8.73. The number of halogens is 2. The Morgan fingerprint density at radius 3 is 2.46 bits per heavy atom. The third kappa shape index (κ3) is 2.92. The van der Waals surface area contributed by atoms with E-state index in [1.807, 2.05) is 19.1 Å². The molecule has 2 aromatic carbocycles. The number of benzene rings is 2. The van der Waals surface area contributed by atoms with Gasteiger partial charge in [-0.2, -0.15) is 4.31 Å². The molecule has 0 unspecified atom stereocenters. The van der Waals surface area contributed by atoms with Gasteiger partial charge in [0, 0.05) is 24.9 Å². The SMILES string of the molecule is CCc1cc2cc(-c3ccc(S(=O)(=O)N4CC(F)C4)cc3)cc(Cl)c2o1. The van der Waals surface area contributed by atoms with E-state index in [4.69, 9.17) is 16.0 Å². The van der Waals surface area contributed by atoms with Crippen LogP contribution in [0.15, 0.2) is 51.8 Å². The first-order valence-electron chi connectivity index (χ1n) is 8.35. The lowest BCUT2D eigenvalue weighted by molar-refractivity contribution is 0.141. The van der Waals surface area contributed by atoms with Crippen molar-refractivity contribution in [3.8, 4) is 11.1 Å². The lowest BCUT2D eigenvalue weighted by atomic mass is 10.0. The second kappa shape index (κ2) is 6.37. The summed E-state index contributed by atoms with van der Waals surface area (Å²) in [5, 5.41) is 1.43. The number of sulfonamides is 1. The predicted octanol–water partition coefficient (Wildman–Crippen LogP) is 4.66. The highest BCUT2D eigenvalue weighted by molar-refractivity contribution is 7.89. The van der Waals surface area contributed by atoms with Crippen molar-refractivity contribution in [1.82, 2.24) is 4.31 Å². The predicted molar refractivity (Wildman–Crippen MR) is 99.7 cm³/mol. The number of hydrogen-bond acceptors (Lipinski definition) is 3. The van der Waals surface area contributed by atoms with Gasteiger partial charge in [0.05, 0.1) is 9.92 Å². The quantitative estimate of drug-likeness (QED) is 0.647. The summed E-state index contributed by atoms with van der Waals surface area (Å²) < 4.78 is 44.6. The molecule has 136 valence electrons. The van der Waals surface area contributed by atoms with Crippen LogP contribution in [0, 0.1) is 0 Å². The average molecular weight is 394 g/mol. The monoisotopic (exact) mass is 393 g/mol. The van der Waals surface area contributed by atoms with Crippen molar-refractivity contribution < 1.29 is 17.2 Å². The maximum absolute atomic E-state index is 13.0. The third-order valence-electron chi connectivity index (χ3n) is 4.60. The van der Waals surface area contributed by atoms with Crippen LogP contribution in [0.1, 0.15) is 12.7 Å². The van der Waals surface area contributed by atoms with Gasteiger partial charge < -0.3 is 4.42 Å². The highest BCUT2D eigenvalue weighted by Crippen LogP contribution is 2.34. The van der Waals surface area contributed by atoms with Crippen molar-refractivity contribution in [2.75, 3.05) is 13.1 Å². The van der Waals surface area contributed by atoms with E-state index in [0.29, 0.717) is 10.6 Å². The molecule has 1 saturated heterocycles. The summed E-state index contributed by atoms with van der Waals surface area (Å²) >= 11 is 6.34. The van der Waals surface area contributed by atoms with E-state index in [2.05, 4.69) is 0 Å². The molecule has 7 heteroatoms. The standard InChI is InChI=1S/C19H17ClFNO3S/c1-2-16-8-14-7-13(9-18(20)19(14)25-16)12-3-5-17(6-4-12)26(23,24)22-10-15(21)11-22/h3-9,15H,2,10-11H2,1H3. The Morgan fingerprint density at radius 2 is 1.85 bits per heavy atom. The van der Waals surface area contributed by atoms with Gasteiger partial charge in [-0.1, -0.05) is 30.7 Å². The fourth-order valence-electron chi connectivity index (χ4n) is 3.06. The van der Waals surface area contributed by atoms with Gasteiger partial charge in [-0.25, -0.2) is 12.8 Å². The van der Waals surface area contributed by atoms with Crippen molar-refractivity contribution in [2.24, 2.45) is 0 Å². The zero-order valence-electron chi connectivity index (χ0n) is 14.1. The van der Waals surface area contributed by atoms with Crippen molar-refractivity contribution in [3.05, 3.63) is 53.2 Å². The smallest absolute Gasteiger partial charge is 0.243 e. The fourth-order valence-corrected chi connectivity index (χ4v) is 4.82. The summed E-state index contributed by atoms with van der Waals surface area (Å²) in [5.41, 5.74) is 2.38.